The summed E-state index contributed by atoms with van der Waals surface area (Å²) in [5.74, 6) is -2.42. The van der Waals surface area contributed by atoms with Gasteiger partial charge in [0.05, 0.1) is 0 Å². The van der Waals surface area contributed by atoms with Gasteiger partial charge in [-0.1, -0.05) is 11.6 Å². The standard InChI is InChI=1S/C14H11ClFNO3/c1-7-5-9(6-8(2)11(7)15)20-13-12(16)10(14(18)19)3-4-17-13/h3-6H,1-2H3,(H,18,19). The van der Waals surface area contributed by atoms with Gasteiger partial charge in [0.15, 0.2) is 5.82 Å². The Morgan fingerprint density at radius 2 is 1.95 bits per heavy atom. The Morgan fingerprint density at radius 1 is 1.35 bits per heavy atom. The number of carboxylic acids is 1. The van der Waals surface area contributed by atoms with Gasteiger partial charge in [-0.3, -0.25) is 0 Å². The lowest BCUT2D eigenvalue weighted by Crippen LogP contribution is -2.03. The van der Waals surface area contributed by atoms with Crippen LogP contribution in [0, 0.1) is 19.7 Å². The number of aryl methyl sites for hydroxylation is 2. The SMILES string of the molecule is Cc1cc(Oc2nccc(C(=O)O)c2F)cc(C)c1Cl. The zero-order chi connectivity index (χ0) is 14.9. The van der Waals surface area contributed by atoms with Gasteiger partial charge in [-0.15, -0.1) is 0 Å². The smallest absolute Gasteiger partial charge is 0.338 e. The Bertz CT molecular complexity index is 665. The molecule has 0 unspecified atom stereocenters. The average Bonchev–Trinajstić information content (AvgIpc) is 2.38. The summed E-state index contributed by atoms with van der Waals surface area (Å²) in [6, 6.07) is 4.33. The summed E-state index contributed by atoms with van der Waals surface area (Å²) in [7, 11) is 0. The van der Waals surface area contributed by atoms with Crippen molar-refractivity contribution in [3.63, 3.8) is 0 Å². The molecule has 0 aliphatic carbocycles. The summed E-state index contributed by atoms with van der Waals surface area (Å²) in [5.41, 5.74) is 1.06. The number of nitrogens with zero attached hydrogens (tertiary/aromatic N) is 1. The van der Waals surface area contributed by atoms with E-state index in [-0.39, 0.29) is 5.88 Å². The van der Waals surface area contributed by atoms with Crippen LogP contribution in [0.5, 0.6) is 11.6 Å². The maximum atomic E-state index is 13.9. The molecular weight excluding hydrogens is 285 g/mol. The molecule has 0 bridgehead atoms. The first-order chi connectivity index (χ1) is 9.40. The van der Waals surface area contributed by atoms with Crippen molar-refractivity contribution < 1.29 is 19.0 Å². The van der Waals surface area contributed by atoms with E-state index in [0.29, 0.717) is 10.8 Å². The fourth-order valence-electron chi connectivity index (χ4n) is 1.74. The summed E-state index contributed by atoms with van der Waals surface area (Å²) in [6.45, 7) is 3.58. The molecule has 0 saturated carbocycles. The molecule has 1 N–H and O–H groups in total. The van der Waals surface area contributed by atoms with Gasteiger partial charge in [-0.2, -0.15) is 0 Å². The first-order valence-corrected chi connectivity index (χ1v) is 6.10. The van der Waals surface area contributed by atoms with E-state index < -0.39 is 17.3 Å². The lowest BCUT2D eigenvalue weighted by molar-refractivity contribution is 0.0690. The highest BCUT2D eigenvalue weighted by Crippen LogP contribution is 2.30. The summed E-state index contributed by atoms with van der Waals surface area (Å²) >= 11 is 6.03. The number of ether oxygens (including phenoxy) is 1. The molecule has 0 aliphatic heterocycles. The van der Waals surface area contributed by atoms with Crippen LogP contribution in [0.3, 0.4) is 0 Å². The summed E-state index contributed by atoms with van der Waals surface area (Å²) in [6.07, 6.45) is 1.18. The number of pyridine rings is 1. The lowest BCUT2D eigenvalue weighted by atomic mass is 10.1. The molecule has 20 heavy (non-hydrogen) atoms. The molecule has 0 saturated heterocycles. The van der Waals surface area contributed by atoms with Crippen molar-refractivity contribution in [3.05, 3.63) is 51.9 Å². The van der Waals surface area contributed by atoms with Gasteiger partial charge in [0.25, 0.3) is 5.88 Å². The Kier molecular flexibility index (Phi) is 3.90. The van der Waals surface area contributed by atoms with E-state index >= 15 is 0 Å². The molecule has 0 aliphatic rings. The second-order valence-electron chi connectivity index (χ2n) is 4.26. The number of hydrogen-bond donors (Lipinski definition) is 1. The van der Waals surface area contributed by atoms with Crippen molar-refractivity contribution in [3.8, 4) is 11.6 Å². The van der Waals surface area contributed by atoms with E-state index in [2.05, 4.69) is 4.98 Å². The van der Waals surface area contributed by atoms with Crippen molar-refractivity contribution in [1.82, 2.24) is 4.98 Å². The molecule has 6 heteroatoms. The number of benzene rings is 1. The van der Waals surface area contributed by atoms with E-state index in [1.165, 1.54) is 6.20 Å². The molecule has 4 nitrogen and oxygen atoms in total. The normalized spacial score (nSPS) is 10.4. The fraction of sp³-hybridized carbons (Fsp3) is 0.143. The number of carbonyl (C=O) groups is 1. The molecule has 0 atom stereocenters. The average molecular weight is 296 g/mol. The molecule has 2 rings (SSSR count). The van der Waals surface area contributed by atoms with E-state index in [4.69, 9.17) is 21.4 Å². The molecule has 0 amide bonds. The van der Waals surface area contributed by atoms with E-state index in [1.807, 2.05) is 0 Å². The van der Waals surface area contributed by atoms with Crippen LogP contribution < -0.4 is 4.74 Å². The summed E-state index contributed by atoms with van der Waals surface area (Å²) in [4.78, 5) is 14.5. The van der Waals surface area contributed by atoms with Crippen LogP contribution in [0.2, 0.25) is 5.02 Å². The second-order valence-corrected chi connectivity index (χ2v) is 4.63. The molecule has 1 aromatic carbocycles. The number of carboxylic acid groups (broad SMARTS) is 1. The number of aromatic nitrogens is 1. The molecule has 1 aromatic heterocycles. The van der Waals surface area contributed by atoms with Crippen LogP contribution in [0.1, 0.15) is 21.5 Å². The predicted octanol–water partition coefficient (Wildman–Crippen LogP) is 3.98. The Hall–Kier alpha value is -2.14. The monoisotopic (exact) mass is 295 g/mol. The lowest BCUT2D eigenvalue weighted by Gasteiger charge is -2.10. The zero-order valence-corrected chi connectivity index (χ0v) is 11.5. The quantitative estimate of drug-likeness (QED) is 0.930. The van der Waals surface area contributed by atoms with Crippen molar-refractivity contribution in [2.24, 2.45) is 0 Å². The molecule has 0 fully saturated rings. The molecule has 0 spiro atoms. The van der Waals surface area contributed by atoms with Crippen molar-refractivity contribution >= 4 is 17.6 Å². The highest BCUT2D eigenvalue weighted by atomic mass is 35.5. The van der Waals surface area contributed by atoms with Crippen LogP contribution in [0.15, 0.2) is 24.4 Å². The van der Waals surface area contributed by atoms with Crippen molar-refractivity contribution in [2.75, 3.05) is 0 Å². The van der Waals surface area contributed by atoms with Crippen molar-refractivity contribution in [2.45, 2.75) is 13.8 Å². The molecular formula is C14H11ClFNO3. The molecule has 0 radical (unpaired) electrons. The fourth-order valence-corrected chi connectivity index (χ4v) is 1.85. The first-order valence-electron chi connectivity index (χ1n) is 5.72. The second kappa shape index (κ2) is 5.46. The van der Waals surface area contributed by atoms with Gasteiger partial charge in [0.1, 0.15) is 11.3 Å². The van der Waals surface area contributed by atoms with Gasteiger partial charge >= 0.3 is 5.97 Å². The van der Waals surface area contributed by atoms with Crippen LogP contribution in [0.4, 0.5) is 4.39 Å². The van der Waals surface area contributed by atoms with Gasteiger partial charge in [-0.25, -0.2) is 14.2 Å². The third-order valence-electron chi connectivity index (χ3n) is 2.71. The van der Waals surface area contributed by atoms with Gasteiger partial charge in [0.2, 0.25) is 0 Å². The maximum absolute atomic E-state index is 13.9. The zero-order valence-electron chi connectivity index (χ0n) is 10.8. The Labute approximate surface area is 119 Å². The van der Waals surface area contributed by atoms with Crippen LogP contribution in [-0.2, 0) is 0 Å². The highest BCUT2D eigenvalue weighted by Gasteiger charge is 2.17. The minimum Gasteiger partial charge on any atom is -0.478 e. The third-order valence-corrected chi connectivity index (χ3v) is 3.31. The van der Waals surface area contributed by atoms with Crippen LogP contribution in [-0.4, -0.2) is 16.1 Å². The van der Waals surface area contributed by atoms with Crippen LogP contribution in [0.25, 0.3) is 0 Å². The number of aromatic carboxylic acids is 1. The number of hydrogen-bond acceptors (Lipinski definition) is 3. The largest absolute Gasteiger partial charge is 0.478 e. The molecule has 2 aromatic rings. The topological polar surface area (TPSA) is 59.4 Å². The van der Waals surface area contributed by atoms with Crippen molar-refractivity contribution in [1.29, 1.82) is 0 Å². The minimum absolute atomic E-state index is 0.346. The van der Waals surface area contributed by atoms with Gasteiger partial charge in [-0.05, 0) is 43.2 Å². The first kappa shape index (κ1) is 14.3. The summed E-state index contributed by atoms with van der Waals surface area (Å²) < 4.78 is 19.2. The van der Waals surface area contributed by atoms with E-state index in [9.17, 15) is 9.18 Å². The maximum Gasteiger partial charge on any atom is 0.338 e. The van der Waals surface area contributed by atoms with Gasteiger partial charge in [0, 0.05) is 11.2 Å². The number of rotatable bonds is 3. The predicted molar refractivity (Wildman–Crippen MR) is 72.2 cm³/mol. The third kappa shape index (κ3) is 2.72. The van der Waals surface area contributed by atoms with Gasteiger partial charge < -0.3 is 9.84 Å². The Balaban J connectivity index is 2.40. The Morgan fingerprint density at radius 3 is 2.50 bits per heavy atom. The minimum atomic E-state index is -1.38. The highest BCUT2D eigenvalue weighted by molar-refractivity contribution is 6.32. The van der Waals surface area contributed by atoms with E-state index in [0.717, 1.165) is 17.2 Å². The number of halogens is 2. The summed E-state index contributed by atoms with van der Waals surface area (Å²) in [5, 5.41) is 9.44. The molecule has 104 valence electrons. The molecule has 1 heterocycles. The van der Waals surface area contributed by atoms with E-state index in [1.54, 1.807) is 26.0 Å². The van der Waals surface area contributed by atoms with Crippen LogP contribution >= 0.6 is 11.6 Å².